The second-order valence-electron chi connectivity index (χ2n) is 5.63. The van der Waals surface area contributed by atoms with E-state index >= 15 is 0 Å². The van der Waals surface area contributed by atoms with E-state index in [0.717, 1.165) is 12.3 Å². The summed E-state index contributed by atoms with van der Waals surface area (Å²) in [4.78, 5) is -0.141. The summed E-state index contributed by atoms with van der Waals surface area (Å²) in [6.07, 6.45) is 0.886. The molecule has 0 N–H and O–H groups in total. The van der Waals surface area contributed by atoms with E-state index in [0.29, 0.717) is 5.75 Å². The lowest BCUT2D eigenvalue weighted by atomic mass is 10.3. The Morgan fingerprint density at radius 2 is 1.33 bits per heavy atom. The lowest BCUT2D eigenvalue weighted by Crippen LogP contribution is -2.08. The molecule has 6 nitrogen and oxygen atoms in total. The van der Waals surface area contributed by atoms with Gasteiger partial charge in [-0.1, -0.05) is 36.4 Å². The van der Waals surface area contributed by atoms with Crippen LogP contribution in [0.3, 0.4) is 0 Å². The third kappa shape index (κ3) is 4.66. The molecule has 0 aromatic heterocycles. The zero-order valence-corrected chi connectivity index (χ0v) is 15.9. The first-order valence-electron chi connectivity index (χ1n) is 7.82. The van der Waals surface area contributed by atoms with Crippen LogP contribution >= 0.6 is 0 Å². The van der Waals surface area contributed by atoms with Gasteiger partial charge in [-0.2, -0.15) is 8.42 Å². The van der Waals surface area contributed by atoms with Crippen LogP contribution in [-0.2, 0) is 20.0 Å². The van der Waals surface area contributed by atoms with Crippen molar-refractivity contribution in [1.82, 2.24) is 0 Å². The third-order valence-corrected chi connectivity index (χ3v) is 5.76. The van der Waals surface area contributed by atoms with E-state index in [1.807, 2.05) is 6.07 Å². The molecule has 0 heterocycles. The van der Waals surface area contributed by atoms with E-state index in [2.05, 4.69) is 0 Å². The van der Waals surface area contributed by atoms with Crippen molar-refractivity contribution in [2.45, 2.75) is 9.79 Å². The quantitative estimate of drug-likeness (QED) is 0.583. The maximum Gasteiger partial charge on any atom is 0.306 e. The van der Waals surface area contributed by atoms with Crippen molar-refractivity contribution >= 4 is 20.0 Å². The van der Waals surface area contributed by atoms with Crippen molar-refractivity contribution in [1.29, 1.82) is 0 Å². The van der Waals surface area contributed by atoms with Crippen LogP contribution in [0.4, 0.5) is 0 Å². The molecule has 3 aromatic carbocycles. The Bertz CT molecular complexity index is 1150. The van der Waals surface area contributed by atoms with Gasteiger partial charge in [0.1, 0.15) is 22.1 Å². The monoisotopic (exact) mass is 404 g/mol. The van der Waals surface area contributed by atoms with E-state index in [9.17, 15) is 16.8 Å². The van der Waals surface area contributed by atoms with E-state index in [1.165, 1.54) is 24.3 Å². The summed E-state index contributed by atoms with van der Waals surface area (Å²) in [7, 11) is -7.74. The molecule has 0 unspecified atom stereocenters. The largest absolute Gasteiger partial charge is 0.456 e. The number of benzene rings is 3. The molecule has 3 aromatic rings. The summed E-state index contributed by atoms with van der Waals surface area (Å²) >= 11 is 0. The summed E-state index contributed by atoms with van der Waals surface area (Å²) in [5.74, 6) is 0.576. The van der Waals surface area contributed by atoms with Gasteiger partial charge >= 0.3 is 10.1 Å². The van der Waals surface area contributed by atoms with E-state index < -0.39 is 20.0 Å². The fraction of sp³-hybridized carbons (Fsp3) is 0.0526. The average molecular weight is 404 g/mol. The van der Waals surface area contributed by atoms with Gasteiger partial charge in [-0.3, -0.25) is 0 Å². The number of ether oxygens (including phenoxy) is 1. The van der Waals surface area contributed by atoms with E-state index in [4.69, 9.17) is 8.92 Å². The Morgan fingerprint density at radius 3 is 2.04 bits per heavy atom. The van der Waals surface area contributed by atoms with E-state index in [1.54, 1.807) is 42.5 Å². The van der Waals surface area contributed by atoms with Crippen LogP contribution in [-0.4, -0.2) is 23.1 Å². The van der Waals surface area contributed by atoms with Gasteiger partial charge in [-0.15, -0.1) is 0 Å². The smallest absolute Gasteiger partial charge is 0.306 e. The SMILES string of the molecule is CS(=O)(=O)Oc1cccc(S(=O)(=O)c2ccccc2Oc2ccccc2)c1. The van der Waals surface area contributed by atoms with Crippen LogP contribution < -0.4 is 8.92 Å². The molecule has 0 saturated carbocycles. The molecule has 3 rings (SSSR count). The minimum absolute atomic E-state index is 0.0367. The van der Waals surface area contributed by atoms with Crippen molar-refractivity contribution in [2.75, 3.05) is 6.26 Å². The predicted octanol–water partition coefficient (Wildman–Crippen LogP) is 3.65. The van der Waals surface area contributed by atoms with Gasteiger partial charge in [-0.05, 0) is 36.4 Å². The van der Waals surface area contributed by atoms with Crippen LogP contribution in [0, 0.1) is 0 Å². The molecule has 0 atom stereocenters. The average Bonchev–Trinajstić information content (AvgIpc) is 2.62. The van der Waals surface area contributed by atoms with Crippen molar-refractivity contribution < 1.29 is 25.8 Å². The highest BCUT2D eigenvalue weighted by Crippen LogP contribution is 2.33. The molecule has 0 bridgehead atoms. The fourth-order valence-electron chi connectivity index (χ4n) is 2.37. The minimum atomic E-state index is -3.97. The summed E-state index contributed by atoms with van der Waals surface area (Å²) in [6.45, 7) is 0. The molecule has 0 aliphatic heterocycles. The summed E-state index contributed by atoms with van der Waals surface area (Å²) in [6, 6.07) is 20.3. The Morgan fingerprint density at radius 1 is 0.704 bits per heavy atom. The van der Waals surface area contributed by atoms with Crippen molar-refractivity contribution in [3.63, 3.8) is 0 Å². The number of hydrogen-bond acceptors (Lipinski definition) is 6. The zero-order chi connectivity index (χ0) is 19.5. The van der Waals surface area contributed by atoms with Gasteiger partial charge < -0.3 is 8.92 Å². The third-order valence-electron chi connectivity index (χ3n) is 3.47. The Balaban J connectivity index is 2.02. The van der Waals surface area contributed by atoms with Gasteiger partial charge in [-0.25, -0.2) is 8.42 Å². The predicted molar refractivity (Wildman–Crippen MR) is 100 cm³/mol. The highest BCUT2D eigenvalue weighted by atomic mass is 32.2. The van der Waals surface area contributed by atoms with Crippen molar-refractivity contribution in [2.24, 2.45) is 0 Å². The molecule has 0 aliphatic rings. The van der Waals surface area contributed by atoms with Gasteiger partial charge in [0.05, 0.1) is 11.2 Å². The Hall–Kier alpha value is -2.84. The van der Waals surface area contributed by atoms with E-state index in [-0.39, 0.29) is 21.3 Å². The van der Waals surface area contributed by atoms with Crippen LogP contribution in [0.1, 0.15) is 0 Å². The molecule has 140 valence electrons. The lowest BCUT2D eigenvalue weighted by Gasteiger charge is -2.12. The van der Waals surface area contributed by atoms with Crippen LogP contribution in [0.5, 0.6) is 17.2 Å². The highest BCUT2D eigenvalue weighted by molar-refractivity contribution is 7.91. The number of rotatable bonds is 6. The molecule has 0 amide bonds. The number of para-hydroxylation sites is 2. The highest BCUT2D eigenvalue weighted by Gasteiger charge is 2.23. The fourth-order valence-corrected chi connectivity index (χ4v) is 4.24. The molecular formula is C19H16O6S2. The summed E-state index contributed by atoms with van der Waals surface area (Å²) < 4.78 is 59.2. The Labute approximate surface area is 158 Å². The molecule has 27 heavy (non-hydrogen) atoms. The van der Waals surface area contributed by atoms with Gasteiger partial charge in [0.25, 0.3) is 0 Å². The van der Waals surface area contributed by atoms with Crippen LogP contribution in [0.25, 0.3) is 0 Å². The first-order chi connectivity index (χ1) is 12.8. The zero-order valence-electron chi connectivity index (χ0n) is 14.3. The normalized spacial score (nSPS) is 11.7. The van der Waals surface area contributed by atoms with Gasteiger partial charge in [0.15, 0.2) is 0 Å². The number of sulfone groups is 1. The standard InChI is InChI=1S/C19H16O6S2/c1-26(20,21)25-16-10-7-11-17(14-16)27(22,23)19-13-6-5-12-18(19)24-15-8-3-2-4-9-15/h2-14H,1H3. The lowest BCUT2D eigenvalue weighted by molar-refractivity contribution is 0.467. The maximum absolute atomic E-state index is 13.1. The number of hydrogen-bond donors (Lipinski definition) is 0. The maximum atomic E-state index is 13.1. The van der Waals surface area contributed by atoms with Gasteiger partial charge in [0, 0.05) is 6.07 Å². The molecule has 0 spiro atoms. The van der Waals surface area contributed by atoms with Gasteiger partial charge in [0.2, 0.25) is 9.84 Å². The topological polar surface area (TPSA) is 86.7 Å². The second-order valence-corrected chi connectivity index (χ2v) is 9.12. The van der Waals surface area contributed by atoms with Crippen LogP contribution in [0.15, 0.2) is 88.7 Å². The summed E-state index contributed by atoms with van der Waals surface area (Å²) in [5, 5.41) is 0. The molecule has 0 saturated heterocycles. The van der Waals surface area contributed by atoms with Crippen LogP contribution in [0.2, 0.25) is 0 Å². The molecule has 0 radical (unpaired) electrons. The molecule has 8 heteroatoms. The summed E-state index contributed by atoms with van der Waals surface area (Å²) in [5.41, 5.74) is 0. The first-order valence-corrected chi connectivity index (χ1v) is 11.1. The molecular weight excluding hydrogens is 388 g/mol. The Kier molecular flexibility index (Phi) is 5.20. The minimum Gasteiger partial charge on any atom is -0.456 e. The van der Waals surface area contributed by atoms with Crippen molar-refractivity contribution in [3.8, 4) is 17.2 Å². The molecule has 0 fully saturated rings. The first kappa shape index (κ1) is 18.9. The molecule has 0 aliphatic carbocycles. The second kappa shape index (κ2) is 7.42. The van der Waals surface area contributed by atoms with Crippen molar-refractivity contribution in [3.05, 3.63) is 78.9 Å².